The molecule has 0 saturated carbocycles. The van der Waals surface area contributed by atoms with Crippen LogP contribution in [0.4, 0.5) is 5.69 Å². The number of halogens is 1. The third-order valence-corrected chi connectivity index (χ3v) is 6.24. The molecule has 0 radical (unpaired) electrons. The van der Waals surface area contributed by atoms with Crippen molar-refractivity contribution in [2.45, 2.75) is 25.9 Å². The quantitative estimate of drug-likeness (QED) is 0.332. The summed E-state index contributed by atoms with van der Waals surface area (Å²) >= 11 is 0. The number of ether oxygens (including phenoxy) is 1. The van der Waals surface area contributed by atoms with E-state index in [1.807, 2.05) is 24.1 Å². The van der Waals surface area contributed by atoms with Gasteiger partial charge >= 0.3 is 0 Å². The van der Waals surface area contributed by atoms with Gasteiger partial charge in [-0.15, -0.1) is 24.0 Å². The SMILES string of the molecule is CN=C(NCc1ccc(CN2CCCC2=O)cc1)N1CCN(c2ccccc2OC)CC1.I. The summed E-state index contributed by atoms with van der Waals surface area (Å²) in [6, 6.07) is 16.7. The largest absolute Gasteiger partial charge is 0.495 e. The number of carbonyl (C=O) groups excluding carboxylic acids is 1. The second-order valence-corrected chi connectivity index (χ2v) is 8.28. The van der Waals surface area contributed by atoms with E-state index < -0.39 is 0 Å². The van der Waals surface area contributed by atoms with E-state index in [0.717, 1.165) is 63.1 Å². The summed E-state index contributed by atoms with van der Waals surface area (Å²) in [5, 5.41) is 3.50. The number of hydrogen-bond acceptors (Lipinski definition) is 4. The van der Waals surface area contributed by atoms with Gasteiger partial charge in [0.15, 0.2) is 5.96 Å². The van der Waals surface area contributed by atoms with Crippen molar-refractivity contribution in [3.05, 3.63) is 59.7 Å². The maximum Gasteiger partial charge on any atom is 0.222 e. The van der Waals surface area contributed by atoms with Gasteiger partial charge in [0.1, 0.15) is 5.75 Å². The highest BCUT2D eigenvalue weighted by Crippen LogP contribution is 2.28. The summed E-state index contributed by atoms with van der Waals surface area (Å²) in [6.07, 6.45) is 1.67. The first-order valence-electron chi connectivity index (χ1n) is 11.4. The summed E-state index contributed by atoms with van der Waals surface area (Å²) < 4.78 is 5.52. The van der Waals surface area contributed by atoms with Crippen molar-refractivity contribution in [2.24, 2.45) is 4.99 Å². The van der Waals surface area contributed by atoms with Gasteiger partial charge in [0.25, 0.3) is 0 Å². The van der Waals surface area contributed by atoms with Crippen LogP contribution in [0.15, 0.2) is 53.5 Å². The highest BCUT2D eigenvalue weighted by molar-refractivity contribution is 14.0. The highest BCUT2D eigenvalue weighted by Gasteiger charge is 2.22. The van der Waals surface area contributed by atoms with Crippen molar-refractivity contribution in [3.8, 4) is 5.75 Å². The van der Waals surface area contributed by atoms with Crippen molar-refractivity contribution < 1.29 is 9.53 Å². The van der Waals surface area contributed by atoms with Crippen molar-refractivity contribution in [1.82, 2.24) is 15.1 Å². The number of methoxy groups -OCH3 is 1. The second-order valence-electron chi connectivity index (χ2n) is 8.28. The molecule has 4 rings (SSSR count). The number of nitrogens with zero attached hydrogens (tertiary/aromatic N) is 4. The van der Waals surface area contributed by atoms with Gasteiger partial charge in [0, 0.05) is 59.3 Å². The number of hydrogen-bond donors (Lipinski definition) is 1. The van der Waals surface area contributed by atoms with Crippen LogP contribution in [0.3, 0.4) is 0 Å². The molecular formula is C25H34IN5O2. The van der Waals surface area contributed by atoms with Crippen LogP contribution in [-0.2, 0) is 17.9 Å². The van der Waals surface area contributed by atoms with Crippen LogP contribution in [-0.4, -0.2) is 68.5 Å². The van der Waals surface area contributed by atoms with Gasteiger partial charge in [-0.3, -0.25) is 9.79 Å². The molecule has 0 aliphatic carbocycles. The molecule has 7 nitrogen and oxygen atoms in total. The van der Waals surface area contributed by atoms with E-state index in [2.05, 4.69) is 56.5 Å². The van der Waals surface area contributed by atoms with Crippen LogP contribution in [0.1, 0.15) is 24.0 Å². The summed E-state index contributed by atoms with van der Waals surface area (Å²) in [4.78, 5) is 22.9. The molecule has 0 aromatic heterocycles. The lowest BCUT2D eigenvalue weighted by molar-refractivity contribution is -0.128. The zero-order chi connectivity index (χ0) is 22.3. The molecule has 8 heteroatoms. The maximum atomic E-state index is 11.8. The topological polar surface area (TPSA) is 60.4 Å². The number of carbonyl (C=O) groups is 1. The number of guanidine groups is 1. The Morgan fingerprint density at radius 3 is 2.33 bits per heavy atom. The van der Waals surface area contributed by atoms with Crippen LogP contribution in [0.25, 0.3) is 0 Å². The number of para-hydroxylation sites is 2. The standard InChI is InChI=1S/C25H33N5O2.HI/c1-26-25(29-16-14-28(15-17-29)22-6-3-4-7-23(22)32-2)27-18-20-9-11-21(12-10-20)19-30-13-5-8-24(30)31;/h3-4,6-7,9-12H,5,8,13-19H2,1-2H3,(H,26,27);1H. The highest BCUT2D eigenvalue weighted by atomic mass is 127. The number of anilines is 1. The predicted octanol–water partition coefficient (Wildman–Crippen LogP) is 3.33. The normalized spacial score (nSPS) is 16.6. The van der Waals surface area contributed by atoms with Gasteiger partial charge in [-0.2, -0.15) is 0 Å². The van der Waals surface area contributed by atoms with Crippen LogP contribution in [0.5, 0.6) is 5.75 Å². The Morgan fingerprint density at radius 1 is 1.00 bits per heavy atom. The van der Waals surface area contributed by atoms with Crippen molar-refractivity contribution in [2.75, 3.05) is 51.8 Å². The number of likely N-dealkylation sites (tertiary alicyclic amines) is 1. The monoisotopic (exact) mass is 563 g/mol. The van der Waals surface area contributed by atoms with E-state index >= 15 is 0 Å². The molecule has 178 valence electrons. The second kappa shape index (κ2) is 12.1. The maximum absolute atomic E-state index is 11.8. The fraction of sp³-hybridized carbons (Fsp3) is 0.440. The molecule has 2 saturated heterocycles. The number of nitrogens with one attached hydrogen (secondary N) is 1. The molecule has 2 aromatic rings. The van der Waals surface area contributed by atoms with Crippen molar-refractivity contribution >= 4 is 41.5 Å². The third-order valence-electron chi connectivity index (χ3n) is 6.24. The van der Waals surface area contributed by atoms with Gasteiger partial charge in [0.05, 0.1) is 12.8 Å². The summed E-state index contributed by atoms with van der Waals surface area (Å²) in [5.74, 6) is 2.11. The van der Waals surface area contributed by atoms with E-state index in [1.54, 1.807) is 7.11 Å². The van der Waals surface area contributed by atoms with Crippen molar-refractivity contribution in [1.29, 1.82) is 0 Å². The van der Waals surface area contributed by atoms with E-state index in [4.69, 9.17) is 4.74 Å². The van der Waals surface area contributed by atoms with E-state index in [9.17, 15) is 4.79 Å². The molecule has 0 unspecified atom stereocenters. The Bertz CT molecular complexity index is 942. The van der Waals surface area contributed by atoms with E-state index in [1.165, 1.54) is 11.1 Å². The lowest BCUT2D eigenvalue weighted by atomic mass is 10.1. The Hall–Kier alpha value is -2.49. The number of rotatable bonds is 6. The molecule has 2 aliphatic rings. The molecule has 2 aromatic carbocycles. The first-order chi connectivity index (χ1) is 15.7. The van der Waals surface area contributed by atoms with Crippen molar-refractivity contribution in [3.63, 3.8) is 0 Å². The fourth-order valence-corrected chi connectivity index (χ4v) is 4.42. The number of aliphatic imine (C=N–C) groups is 1. The molecule has 0 atom stereocenters. The van der Waals surface area contributed by atoms with Gasteiger partial charge < -0.3 is 24.8 Å². The molecule has 1 N–H and O–H groups in total. The van der Waals surface area contributed by atoms with Crippen LogP contribution in [0, 0.1) is 0 Å². The first-order valence-corrected chi connectivity index (χ1v) is 11.4. The summed E-state index contributed by atoms with van der Waals surface area (Å²) in [6.45, 7) is 5.97. The average molecular weight is 563 g/mol. The van der Waals surface area contributed by atoms with Crippen LogP contribution in [0.2, 0.25) is 0 Å². The molecule has 2 aliphatic heterocycles. The molecule has 0 spiro atoms. The fourth-order valence-electron chi connectivity index (χ4n) is 4.42. The molecule has 33 heavy (non-hydrogen) atoms. The van der Waals surface area contributed by atoms with E-state index in [-0.39, 0.29) is 29.9 Å². The van der Waals surface area contributed by atoms with Gasteiger partial charge in [-0.05, 0) is 29.7 Å². The van der Waals surface area contributed by atoms with Gasteiger partial charge in [-0.25, -0.2) is 0 Å². The predicted molar refractivity (Wildman–Crippen MR) is 143 cm³/mol. The summed E-state index contributed by atoms with van der Waals surface area (Å²) in [5.41, 5.74) is 3.53. The molecule has 2 fully saturated rings. The summed E-state index contributed by atoms with van der Waals surface area (Å²) in [7, 11) is 3.56. The Balaban J connectivity index is 0.00000306. The van der Waals surface area contributed by atoms with Gasteiger partial charge in [-0.1, -0.05) is 36.4 Å². The zero-order valence-corrected chi connectivity index (χ0v) is 21.8. The van der Waals surface area contributed by atoms with Crippen LogP contribution >= 0.6 is 24.0 Å². The Kier molecular flexibility index (Phi) is 9.22. The molecule has 1 amide bonds. The first kappa shape index (κ1) is 25.1. The lowest BCUT2D eigenvalue weighted by Crippen LogP contribution is -2.52. The Morgan fingerprint density at radius 2 is 1.70 bits per heavy atom. The van der Waals surface area contributed by atoms with Crippen LogP contribution < -0.4 is 15.0 Å². The molecule has 0 bridgehead atoms. The average Bonchev–Trinajstić information content (AvgIpc) is 3.25. The Labute approximate surface area is 213 Å². The van der Waals surface area contributed by atoms with Gasteiger partial charge in [0.2, 0.25) is 5.91 Å². The minimum absolute atomic E-state index is 0. The van der Waals surface area contributed by atoms with E-state index in [0.29, 0.717) is 13.0 Å². The smallest absolute Gasteiger partial charge is 0.222 e. The minimum Gasteiger partial charge on any atom is -0.495 e. The molecular weight excluding hydrogens is 529 g/mol. The zero-order valence-electron chi connectivity index (χ0n) is 19.5. The number of benzene rings is 2. The number of piperazine rings is 1. The number of amides is 1. The lowest BCUT2D eigenvalue weighted by Gasteiger charge is -2.38. The minimum atomic E-state index is 0. The third kappa shape index (κ3) is 6.31. The molecule has 2 heterocycles.